The van der Waals surface area contributed by atoms with Crippen LogP contribution >= 0.6 is 11.3 Å². The van der Waals surface area contributed by atoms with Gasteiger partial charge in [0, 0.05) is 18.0 Å². The lowest BCUT2D eigenvalue weighted by Gasteiger charge is -2.04. The molecule has 0 saturated heterocycles. The molecule has 2 atom stereocenters. The fourth-order valence-electron chi connectivity index (χ4n) is 2.55. The predicted molar refractivity (Wildman–Crippen MR) is 89.2 cm³/mol. The number of pyridine rings is 1. The van der Waals surface area contributed by atoms with Gasteiger partial charge in [-0.1, -0.05) is 17.4 Å². The van der Waals surface area contributed by atoms with Crippen molar-refractivity contribution in [2.75, 3.05) is 5.32 Å². The van der Waals surface area contributed by atoms with Gasteiger partial charge in [0.25, 0.3) is 0 Å². The van der Waals surface area contributed by atoms with E-state index in [4.69, 9.17) is 0 Å². The number of rotatable bonds is 3. The van der Waals surface area contributed by atoms with Crippen molar-refractivity contribution in [1.82, 2.24) is 9.97 Å². The highest BCUT2D eigenvalue weighted by Crippen LogP contribution is 2.36. The van der Waals surface area contributed by atoms with Gasteiger partial charge < -0.3 is 5.32 Å². The van der Waals surface area contributed by atoms with Crippen molar-refractivity contribution in [3.05, 3.63) is 42.2 Å². The lowest BCUT2D eigenvalue weighted by molar-refractivity contribution is -0.117. The highest BCUT2D eigenvalue weighted by Gasteiger charge is 2.43. The van der Waals surface area contributed by atoms with Gasteiger partial charge in [-0.2, -0.15) is 0 Å². The van der Waals surface area contributed by atoms with Gasteiger partial charge in [-0.25, -0.2) is 9.37 Å². The molecule has 2 heterocycles. The summed E-state index contributed by atoms with van der Waals surface area (Å²) in [6, 6.07) is 7.94. The Morgan fingerprint density at radius 3 is 2.96 bits per heavy atom. The van der Waals surface area contributed by atoms with E-state index in [0.717, 1.165) is 26.9 Å². The number of anilines is 1. The maximum atomic E-state index is 12.9. The predicted octanol–water partition coefficient (Wildman–Crippen LogP) is 3.96. The number of aryl methyl sites for hydroxylation is 1. The number of amides is 1. The second kappa shape index (κ2) is 5.38. The van der Waals surface area contributed by atoms with Crippen molar-refractivity contribution >= 4 is 32.6 Å². The number of alkyl halides is 1. The Labute approximate surface area is 136 Å². The van der Waals surface area contributed by atoms with Crippen molar-refractivity contribution in [2.24, 2.45) is 5.92 Å². The molecular formula is C17H14FN3OS. The number of nitrogens with zero attached hydrogens (tertiary/aromatic N) is 2. The molecule has 4 rings (SSSR count). The quantitative estimate of drug-likeness (QED) is 0.792. The summed E-state index contributed by atoms with van der Waals surface area (Å²) < 4.78 is 13.9. The second-order valence-electron chi connectivity index (χ2n) is 5.74. The molecular weight excluding hydrogens is 313 g/mol. The molecule has 0 aliphatic heterocycles. The number of aromatic nitrogens is 2. The average Bonchev–Trinajstić information content (AvgIpc) is 3.13. The van der Waals surface area contributed by atoms with Crippen LogP contribution in [-0.4, -0.2) is 22.0 Å². The monoisotopic (exact) mass is 327 g/mol. The van der Waals surface area contributed by atoms with E-state index < -0.39 is 12.1 Å². The van der Waals surface area contributed by atoms with Crippen LogP contribution in [0.4, 0.5) is 9.52 Å². The topological polar surface area (TPSA) is 54.9 Å². The first kappa shape index (κ1) is 14.3. The van der Waals surface area contributed by atoms with Crippen LogP contribution in [0.25, 0.3) is 21.3 Å². The highest BCUT2D eigenvalue weighted by atomic mass is 32.1. The summed E-state index contributed by atoms with van der Waals surface area (Å²) in [4.78, 5) is 20.4. The van der Waals surface area contributed by atoms with Crippen LogP contribution in [-0.2, 0) is 4.79 Å². The Balaban J connectivity index is 1.64. The third-order valence-electron chi connectivity index (χ3n) is 4.02. The first-order chi connectivity index (χ1) is 11.1. The first-order valence-electron chi connectivity index (χ1n) is 7.38. The molecule has 4 nitrogen and oxygen atoms in total. The number of hydrogen-bond acceptors (Lipinski definition) is 4. The van der Waals surface area contributed by atoms with Crippen LogP contribution in [0, 0.1) is 12.8 Å². The molecule has 1 aromatic carbocycles. The summed E-state index contributed by atoms with van der Waals surface area (Å²) in [6.07, 6.45) is 2.94. The van der Waals surface area contributed by atoms with Crippen LogP contribution in [0.2, 0.25) is 0 Å². The van der Waals surface area contributed by atoms with E-state index in [1.54, 1.807) is 6.20 Å². The lowest BCUT2D eigenvalue weighted by Crippen LogP contribution is -2.14. The normalized spacial score (nSPS) is 19.7. The van der Waals surface area contributed by atoms with Crippen LogP contribution in [0.5, 0.6) is 0 Å². The van der Waals surface area contributed by atoms with Gasteiger partial charge in [0.05, 0.1) is 16.1 Å². The van der Waals surface area contributed by atoms with E-state index >= 15 is 0 Å². The van der Waals surface area contributed by atoms with E-state index in [1.165, 1.54) is 11.3 Å². The zero-order valence-corrected chi connectivity index (χ0v) is 13.2. The first-order valence-corrected chi connectivity index (χ1v) is 8.20. The van der Waals surface area contributed by atoms with Crippen LogP contribution in [0.15, 0.2) is 36.7 Å². The minimum absolute atomic E-state index is 0.278. The van der Waals surface area contributed by atoms with E-state index in [2.05, 4.69) is 15.3 Å². The molecule has 1 fully saturated rings. The van der Waals surface area contributed by atoms with Crippen LogP contribution in [0.3, 0.4) is 0 Å². The number of fused-ring (bicyclic) bond motifs is 1. The summed E-state index contributed by atoms with van der Waals surface area (Å²) >= 11 is 1.40. The molecule has 1 amide bonds. The SMILES string of the molecule is Cc1ccncc1-c1ccc2nc(NC(=O)C3CC3F)sc2c1. The number of hydrogen-bond donors (Lipinski definition) is 1. The molecule has 0 spiro atoms. The van der Waals surface area contributed by atoms with Crippen LogP contribution < -0.4 is 5.32 Å². The summed E-state index contributed by atoms with van der Waals surface area (Å²) in [6.45, 7) is 2.04. The van der Waals surface area contributed by atoms with Gasteiger partial charge in [-0.05, 0) is 42.7 Å². The van der Waals surface area contributed by atoms with Crippen molar-refractivity contribution < 1.29 is 9.18 Å². The van der Waals surface area contributed by atoms with Gasteiger partial charge in [-0.15, -0.1) is 0 Å². The van der Waals surface area contributed by atoms with Gasteiger partial charge in [-0.3, -0.25) is 9.78 Å². The van der Waals surface area contributed by atoms with Crippen molar-refractivity contribution in [2.45, 2.75) is 19.5 Å². The third kappa shape index (κ3) is 2.70. The molecule has 23 heavy (non-hydrogen) atoms. The molecule has 0 radical (unpaired) electrons. The summed E-state index contributed by atoms with van der Waals surface area (Å²) in [5.74, 6) is -0.782. The molecule has 0 bridgehead atoms. The molecule has 3 aromatic rings. The van der Waals surface area contributed by atoms with Gasteiger partial charge in [0.15, 0.2) is 5.13 Å². The summed E-state index contributed by atoms with van der Waals surface area (Å²) in [5, 5.41) is 3.23. The largest absolute Gasteiger partial charge is 0.302 e. The number of benzene rings is 1. The number of halogens is 1. The van der Waals surface area contributed by atoms with Crippen molar-refractivity contribution in [3.8, 4) is 11.1 Å². The number of carbonyl (C=O) groups is 1. The van der Waals surface area contributed by atoms with E-state index in [0.29, 0.717) is 11.6 Å². The average molecular weight is 327 g/mol. The third-order valence-corrected chi connectivity index (χ3v) is 4.95. The van der Waals surface area contributed by atoms with E-state index in [1.807, 2.05) is 37.4 Å². The highest BCUT2D eigenvalue weighted by molar-refractivity contribution is 7.22. The molecule has 6 heteroatoms. The van der Waals surface area contributed by atoms with Crippen molar-refractivity contribution in [1.29, 1.82) is 0 Å². The fourth-order valence-corrected chi connectivity index (χ4v) is 3.45. The number of thiazole rings is 1. The molecule has 1 N–H and O–H groups in total. The molecule has 116 valence electrons. The van der Waals surface area contributed by atoms with Crippen molar-refractivity contribution in [3.63, 3.8) is 0 Å². The van der Waals surface area contributed by atoms with Gasteiger partial charge in [0.2, 0.25) is 5.91 Å². The Hall–Kier alpha value is -2.34. The van der Waals surface area contributed by atoms with Gasteiger partial charge in [0.1, 0.15) is 6.17 Å². The van der Waals surface area contributed by atoms with Crippen LogP contribution in [0.1, 0.15) is 12.0 Å². The zero-order chi connectivity index (χ0) is 16.0. The number of carbonyl (C=O) groups excluding carboxylic acids is 1. The summed E-state index contributed by atoms with van der Waals surface area (Å²) in [7, 11) is 0. The maximum Gasteiger partial charge on any atom is 0.232 e. The number of nitrogens with one attached hydrogen (secondary N) is 1. The standard InChI is InChI=1S/C17H14FN3OS/c1-9-4-5-19-8-12(9)10-2-3-14-15(6-10)23-17(20-14)21-16(22)11-7-13(11)18/h2-6,8,11,13H,7H2,1H3,(H,20,21,22). The Bertz CT molecular complexity index is 908. The second-order valence-corrected chi connectivity index (χ2v) is 6.77. The Morgan fingerprint density at radius 1 is 1.39 bits per heavy atom. The maximum absolute atomic E-state index is 12.9. The minimum atomic E-state index is -0.996. The zero-order valence-electron chi connectivity index (χ0n) is 12.4. The molecule has 1 aliphatic carbocycles. The van der Waals surface area contributed by atoms with Gasteiger partial charge >= 0.3 is 0 Å². The summed E-state index contributed by atoms with van der Waals surface area (Å²) in [5.41, 5.74) is 4.12. The smallest absolute Gasteiger partial charge is 0.232 e. The fraction of sp³-hybridized carbons (Fsp3) is 0.235. The minimum Gasteiger partial charge on any atom is -0.302 e. The Kier molecular flexibility index (Phi) is 3.34. The molecule has 1 saturated carbocycles. The Morgan fingerprint density at radius 2 is 2.22 bits per heavy atom. The lowest BCUT2D eigenvalue weighted by atomic mass is 10.0. The molecule has 1 aliphatic rings. The molecule has 2 aromatic heterocycles. The van der Waals surface area contributed by atoms with E-state index in [-0.39, 0.29) is 5.91 Å². The molecule has 2 unspecified atom stereocenters. The van der Waals surface area contributed by atoms with E-state index in [9.17, 15) is 9.18 Å².